The third-order valence-corrected chi connectivity index (χ3v) is 4.68. The summed E-state index contributed by atoms with van der Waals surface area (Å²) in [5.41, 5.74) is 2.06. The number of aromatic nitrogens is 2. The molecule has 2 heterocycles. The number of aryl methyl sites for hydroxylation is 2. The number of piperazine rings is 1. The van der Waals surface area contributed by atoms with Crippen molar-refractivity contribution in [1.82, 2.24) is 20.0 Å². The van der Waals surface area contributed by atoms with E-state index in [0.717, 1.165) is 42.5 Å². The molecule has 19 heavy (non-hydrogen) atoms. The molecule has 0 saturated carbocycles. The zero-order valence-electron chi connectivity index (χ0n) is 12.4. The van der Waals surface area contributed by atoms with Crippen molar-refractivity contribution in [1.29, 1.82) is 0 Å². The van der Waals surface area contributed by atoms with Gasteiger partial charge in [-0.2, -0.15) is 5.10 Å². The van der Waals surface area contributed by atoms with Gasteiger partial charge in [0.1, 0.15) is 0 Å². The van der Waals surface area contributed by atoms with Gasteiger partial charge in [0.15, 0.2) is 0 Å². The molecule has 1 aliphatic heterocycles. The second-order valence-electron chi connectivity index (χ2n) is 5.47. The molecule has 0 aliphatic carbocycles. The third kappa shape index (κ3) is 3.12. The van der Waals surface area contributed by atoms with Crippen LogP contribution < -0.4 is 5.32 Å². The maximum Gasteiger partial charge on any atom is 0.0860 e. The number of nitrogens with one attached hydrogen (secondary N) is 1. The SMILES string of the molecule is CCC1CN(Cc2c(Cl)c(C)nn2C)C(CC)CN1. The minimum atomic E-state index is 0.592. The molecule has 1 aromatic heterocycles. The van der Waals surface area contributed by atoms with Crippen LogP contribution in [-0.4, -0.2) is 39.9 Å². The summed E-state index contributed by atoms with van der Waals surface area (Å²) in [6.45, 7) is 9.52. The van der Waals surface area contributed by atoms with Gasteiger partial charge in [-0.3, -0.25) is 9.58 Å². The van der Waals surface area contributed by atoms with Crippen LogP contribution in [0.1, 0.15) is 38.1 Å². The predicted molar refractivity (Wildman–Crippen MR) is 79.5 cm³/mol. The largest absolute Gasteiger partial charge is 0.311 e. The van der Waals surface area contributed by atoms with Crippen LogP contribution in [0.5, 0.6) is 0 Å². The first-order valence-corrected chi connectivity index (χ1v) is 7.60. The molecule has 0 spiro atoms. The molecular formula is C14H25ClN4. The summed E-state index contributed by atoms with van der Waals surface area (Å²) in [5.74, 6) is 0. The van der Waals surface area contributed by atoms with E-state index in [9.17, 15) is 0 Å². The molecule has 0 bridgehead atoms. The van der Waals surface area contributed by atoms with E-state index in [2.05, 4.69) is 29.2 Å². The minimum Gasteiger partial charge on any atom is -0.311 e. The minimum absolute atomic E-state index is 0.592. The molecule has 2 atom stereocenters. The van der Waals surface area contributed by atoms with Gasteiger partial charge in [-0.25, -0.2) is 0 Å². The van der Waals surface area contributed by atoms with E-state index in [-0.39, 0.29) is 0 Å². The Kier molecular flexibility index (Phi) is 4.87. The molecule has 0 aromatic carbocycles. The normalized spacial score (nSPS) is 24.9. The fourth-order valence-corrected chi connectivity index (χ4v) is 3.06. The highest BCUT2D eigenvalue weighted by molar-refractivity contribution is 6.31. The molecular weight excluding hydrogens is 260 g/mol. The van der Waals surface area contributed by atoms with Gasteiger partial charge >= 0.3 is 0 Å². The molecule has 5 heteroatoms. The Morgan fingerprint density at radius 2 is 2.11 bits per heavy atom. The van der Waals surface area contributed by atoms with Crippen LogP contribution in [-0.2, 0) is 13.6 Å². The van der Waals surface area contributed by atoms with Crippen LogP contribution in [0.25, 0.3) is 0 Å². The quantitative estimate of drug-likeness (QED) is 0.921. The molecule has 1 aliphatic rings. The van der Waals surface area contributed by atoms with Gasteiger partial charge in [0.25, 0.3) is 0 Å². The predicted octanol–water partition coefficient (Wildman–Crippen LogP) is 2.34. The first-order valence-electron chi connectivity index (χ1n) is 7.22. The topological polar surface area (TPSA) is 33.1 Å². The van der Waals surface area contributed by atoms with Gasteiger partial charge in [-0.1, -0.05) is 25.4 Å². The van der Waals surface area contributed by atoms with E-state index in [1.54, 1.807) is 0 Å². The molecule has 2 unspecified atom stereocenters. The molecule has 1 saturated heterocycles. The first-order chi connectivity index (χ1) is 9.06. The molecule has 1 fully saturated rings. The maximum absolute atomic E-state index is 6.37. The van der Waals surface area contributed by atoms with Crippen LogP contribution in [0.3, 0.4) is 0 Å². The summed E-state index contributed by atoms with van der Waals surface area (Å²) < 4.78 is 1.92. The second kappa shape index (κ2) is 6.25. The Bertz CT molecular complexity index is 429. The van der Waals surface area contributed by atoms with Crippen molar-refractivity contribution in [3.63, 3.8) is 0 Å². The number of hydrogen-bond donors (Lipinski definition) is 1. The van der Waals surface area contributed by atoms with Gasteiger partial charge < -0.3 is 5.32 Å². The number of rotatable bonds is 4. The highest BCUT2D eigenvalue weighted by Crippen LogP contribution is 2.23. The van der Waals surface area contributed by atoms with Crippen LogP contribution in [0.2, 0.25) is 5.02 Å². The van der Waals surface area contributed by atoms with Crippen molar-refractivity contribution < 1.29 is 0 Å². The van der Waals surface area contributed by atoms with E-state index in [1.165, 1.54) is 6.42 Å². The monoisotopic (exact) mass is 284 g/mol. The van der Waals surface area contributed by atoms with E-state index in [1.807, 2.05) is 18.7 Å². The van der Waals surface area contributed by atoms with Gasteiger partial charge in [0.2, 0.25) is 0 Å². The summed E-state index contributed by atoms with van der Waals surface area (Å²) in [6, 6.07) is 1.19. The van der Waals surface area contributed by atoms with Gasteiger partial charge in [0.05, 0.1) is 16.4 Å². The lowest BCUT2D eigenvalue weighted by molar-refractivity contribution is 0.114. The Morgan fingerprint density at radius 1 is 1.37 bits per heavy atom. The second-order valence-corrected chi connectivity index (χ2v) is 5.85. The Labute approximate surface area is 121 Å². The van der Waals surface area contributed by atoms with Gasteiger partial charge in [-0.15, -0.1) is 0 Å². The van der Waals surface area contributed by atoms with E-state index in [4.69, 9.17) is 11.6 Å². The van der Waals surface area contributed by atoms with Crippen LogP contribution >= 0.6 is 11.6 Å². The van der Waals surface area contributed by atoms with E-state index >= 15 is 0 Å². The third-order valence-electron chi connectivity index (χ3n) is 4.19. The average molecular weight is 285 g/mol. The summed E-state index contributed by atoms with van der Waals surface area (Å²) in [6.07, 6.45) is 2.34. The zero-order valence-corrected chi connectivity index (χ0v) is 13.2. The summed E-state index contributed by atoms with van der Waals surface area (Å²) in [4.78, 5) is 2.55. The lowest BCUT2D eigenvalue weighted by atomic mass is 10.0. The zero-order chi connectivity index (χ0) is 14.0. The fraction of sp³-hybridized carbons (Fsp3) is 0.786. The molecule has 108 valence electrons. The van der Waals surface area contributed by atoms with Crippen LogP contribution in [0.4, 0.5) is 0 Å². The molecule has 0 radical (unpaired) electrons. The number of nitrogens with zero attached hydrogens (tertiary/aromatic N) is 3. The standard InChI is InChI=1S/C14H25ClN4/c1-5-11-8-19(12(6-2)7-16-11)9-13-14(15)10(3)17-18(13)4/h11-12,16H,5-9H2,1-4H3. The maximum atomic E-state index is 6.37. The highest BCUT2D eigenvalue weighted by Gasteiger charge is 2.27. The molecule has 2 rings (SSSR count). The smallest absolute Gasteiger partial charge is 0.0860 e. The van der Waals surface area contributed by atoms with Crippen molar-refractivity contribution in [2.45, 2.75) is 52.2 Å². The number of hydrogen-bond acceptors (Lipinski definition) is 3. The van der Waals surface area contributed by atoms with E-state index in [0.29, 0.717) is 12.1 Å². The van der Waals surface area contributed by atoms with Crippen molar-refractivity contribution in [3.8, 4) is 0 Å². The van der Waals surface area contributed by atoms with Crippen molar-refractivity contribution in [2.75, 3.05) is 13.1 Å². The van der Waals surface area contributed by atoms with Gasteiger partial charge in [0, 0.05) is 38.8 Å². The number of halogens is 1. The van der Waals surface area contributed by atoms with Crippen molar-refractivity contribution in [2.24, 2.45) is 7.05 Å². The Morgan fingerprint density at radius 3 is 2.63 bits per heavy atom. The molecule has 1 N–H and O–H groups in total. The van der Waals surface area contributed by atoms with Crippen LogP contribution in [0, 0.1) is 6.92 Å². The summed E-state index contributed by atoms with van der Waals surface area (Å²) >= 11 is 6.37. The van der Waals surface area contributed by atoms with E-state index < -0.39 is 0 Å². The van der Waals surface area contributed by atoms with Crippen molar-refractivity contribution >= 4 is 11.6 Å². The molecule has 0 amide bonds. The molecule has 1 aromatic rings. The van der Waals surface area contributed by atoms with Crippen LogP contribution in [0.15, 0.2) is 0 Å². The Hall–Kier alpha value is -0.580. The lowest BCUT2D eigenvalue weighted by Crippen LogP contribution is -2.55. The summed E-state index contributed by atoms with van der Waals surface area (Å²) in [7, 11) is 1.98. The summed E-state index contributed by atoms with van der Waals surface area (Å²) in [5, 5.41) is 8.85. The lowest BCUT2D eigenvalue weighted by Gasteiger charge is -2.40. The highest BCUT2D eigenvalue weighted by atomic mass is 35.5. The Balaban J connectivity index is 2.14. The average Bonchev–Trinajstić information content (AvgIpc) is 2.65. The molecule has 4 nitrogen and oxygen atoms in total. The first kappa shape index (κ1) is 14.8. The van der Waals surface area contributed by atoms with Gasteiger partial charge in [-0.05, 0) is 19.8 Å². The fourth-order valence-electron chi connectivity index (χ4n) is 2.84. The van der Waals surface area contributed by atoms with Crippen molar-refractivity contribution in [3.05, 3.63) is 16.4 Å².